The van der Waals surface area contributed by atoms with E-state index in [0.717, 1.165) is 146 Å². The van der Waals surface area contributed by atoms with Gasteiger partial charge in [-0.1, -0.05) is 151 Å². The monoisotopic (exact) mass is 1810 g/mol. The molecule has 6 heterocycles. The third-order valence-electron chi connectivity index (χ3n) is 21.6. The average Bonchev–Trinajstić information content (AvgIpc) is 1.53. The van der Waals surface area contributed by atoms with E-state index in [-0.39, 0.29) is 98.7 Å². The number of rotatable bonds is 46. The maximum Gasteiger partial charge on any atom is 0.243 e. The number of thiazole rings is 2. The summed E-state index contributed by atoms with van der Waals surface area (Å²) in [5.41, 5.74) is 15.2. The van der Waals surface area contributed by atoms with Crippen molar-refractivity contribution in [3.63, 3.8) is 0 Å². The summed E-state index contributed by atoms with van der Waals surface area (Å²) in [6.45, 7) is 18.4. The molecule has 0 bridgehead atoms. The van der Waals surface area contributed by atoms with E-state index in [9.17, 15) is 56.9 Å². The van der Waals surface area contributed by atoms with Gasteiger partial charge in [-0.15, -0.1) is 22.7 Å². The highest BCUT2D eigenvalue weighted by atomic mass is 127. The van der Waals surface area contributed by atoms with Gasteiger partial charge in [0.1, 0.15) is 47.9 Å². The van der Waals surface area contributed by atoms with Gasteiger partial charge in [-0.05, 0) is 166 Å². The number of amides is 6. The number of carbonyl (C=O) groups is 7. The van der Waals surface area contributed by atoms with Crippen molar-refractivity contribution in [3.8, 4) is 20.9 Å². The highest BCUT2D eigenvalue weighted by molar-refractivity contribution is 14.1. The Morgan fingerprint density at radius 2 is 1.01 bits per heavy atom. The number of ketones is 1. The van der Waals surface area contributed by atoms with Crippen LogP contribution in [0.5, 0.6) is 0 Å². The Morgan fingerprint density at radius 3 is 1.43 bits per heavy atom. The lowest BCUT2D eigenvalue weighted by atomic mass is 9.91. The number of unbranched alkanes of at least 4 members (excludes halogenated alkanes) is 12. The molecule has 10 rings (SSSR count). The van der Waals surface area contributed by atoms with Gasteiger partial charge in [-0.25, -0.2) is 23.1 Å². The molecule has 25 nitrogen and oxygen atoms in total. The minimum atomic E-state index is -1.28. The normalized spacial score (nSPS) is 16.2. The van der Waals surface area contributed by atoms with Crippen LogP contribution < -0.4 is 37.6 Å². The second-order valence-electron chi connectivity index (χ2n) is 31.8. The van der Waals surface area contributed by atoms with Crippen molar-refractivity contribution >= 4 is 97.9 Å². The summed E-state index contributed by atoms with van der Waals surface area (Å²) in [7, 11) is 0. The lowest BCUT2D eigenvalue weighted by Crippen LogP contribution is -2.49. The number of halogens is 4. The van der Waals surface area contributed by atoms with Gasteiger partial charge in [0.2, 0.25) is 35.4 Å². The number of carbonyl (C=O) groups excluding carboxylic acids is 7. The fraction of sp³-hybridized carbons (Fsp3) is 0.517. The average molecular weight is 1810 g/mol. The molecule has 4 aromatic carbocycles. The highest BCUT2D eigenvalue weighted by Gasteiger charge is 2.46. The number of hydrogen-bond acceptors (Lipinski definition) is 21. The van der Waals surface area contributed by atoms with Crippen molar-refractivity contribution < 1.29 is 70.7 Å². The first-order valence-corrected chi connectivity index (χ1v) is 44.7. The third kappa shape index (κ3) is 28.1. The predicted octanol–water partition coefficient (Wildman–Crippen LogP) is 15.0. The molecule has 8 aromatic rings. The lowest BCUT2D eigenvalue weighted by molar-refractivity contribution is -0.141. The van der Waals surface area contributed by atoms with Gasteiger partial charge >= 0.3 is 0 Å². The van der Waals surface area contributed by atoms with Crippen molar-refractivity contribution in [2.45, 2.75) is 226 Å². The fourth-order valence-electron chi connectivity index (χ4n) is 15.1. The van der Waals surface area contributed by atoms with Gasteiger partial charge in [0.25, 0.3) is 0 Å². The van der Waals surface area contributed by atoms with Crippen molar-refractivity contribution in [3.05, 3.63) is 174 Å². The molecule has 0 aliphatic carbocycles. The predicted molar refractivity (Wildman–Crippen MR) is 467 cm³/mol. The van der Waals surface area contributed by atoms with E-state index in [0.29, 0.717) is 52.5 Å². The van der Waals surface area contributed by atoms with E-state index in [1.54, 1.807) is 48.9 Å². The second-order valence-corrected chi connectivity index (χ2v) is 34.8. The van der Waals surface area contributed by atoms with Gasteiger partial charge in [-0.2, -0.15) is 0 Å². The minimum Gasteiger partial charge on any atom is -0.391 e. The molecule has 2 fully saturated rings. The third-order valence-corrected chi connectivity index (χ3v) is 24.2. The first-order chi connectivity index (χ1) is 57.7. The van der Waals surface area contributed by atoms with Crippen LogP contribution in [0.2, 0.25) is 0 Å². The number of anilines is 2. The number of nitrogens with one attached hydrogen (secondary N) is 6. The first-order valence-electron chi connectivity index (χ1n) is 41.9. The highest BCUT2D eigenvalue weighted by Crippen LogP contribution is 2.37. The van der Waals surface area contributed by atoms with Crippen LogP contribution in [-0.4, -0.2) is 165 Å². The molecule has 650 valence electrons. The lowest BCUT2D eigenvalue weighted by Gasteiger charge is -2.30. The molecule has 2 aliphatic rings. The number of likely N-dealkylation sites (tertiary alicyclic amines) is 2. The second kappa shape index (κ2) is 48.1. The van der Waals surface area contributed by atoms with Gasteiger partial charge in [0.15, 0.2) is 17.4 Å². The quantitative estimate of drug-likeness (QED) is 0.00972. The molecule has 0 saturated carbocycles. The summed E-state index contributed by atoms with van der Waals surface area (Å²) >= 11 is 5.03. The van der Waals surface area contributed by atoms with Gasteiger partial charge in [0, 0.05) is 66.9 Å². The maximum absolute atomic E-state index is 14.7. The van der Waals surface area contributed by atoms with Crippen LogP contribution in [0.25, 0.3) is 20.9 Å². The van der Waals surface area contributed by atoms with E-state index < -0.39 is 88.9 Å². The summed E-state index contributed by atoms with van der Waals surface area (Å²) in [4.78, 5) is 109. The molecule has 6 amide bonds. The molecule has 2 aliphatic heterocycles. The number of aliphatic hydroxyl groups is 2. The Kier molecular flexibility index (Phi) is 38.1. The Balaban J connectivity index is 0.000000296. The summed E-state index contributed by atoms with van der Waals surface area (Å²) in [6.07, 6.45) is 13.8. The van der Waals surface area contributed by atoms with Gasteiger partial charge < -0.3 is 71.4 Å². The van der Waals surface area contributed by atoms with E-state index in [4.69, 9.17) is 19.5 Å². The SMILES string of the molecule is Cc1cc([C@H](C(=O)N2C[C@H](O)C[C@H]2C(=O)N[C@@H](CC(=O)NCCCCCCCCCN)c2ccc(-c3scnc3C)cc2)C(C)C)on1.Cc1cc([C@H](C(=O)N2C[C@H](O)C[C@H]2C(=O)N[C@@H](CC(=O)NCCCCCCCCCNCCCOCC(=O)c2ccc(F)c(F)c2Nc2ccc(I)cc2F)c2ccc(-c3scnc3C)cc2)C(C)C)on1. The van der Waals surface area contributed by atoms with Crippen molar-refractivity contribution in [1.29, 1.82) is 0 Å². The number of benzene rings is 4. The Morgan fingerprint density at radius 1 is 0.567 bits per heavy atom. The number of aryl methyl sites for hydroxylation is 4. The smallest absolute Gasteiger partial charge is 0.243 e. The van der Waals surface area contributed by atoms with E-state index in [1.807, 2.05) is 118 Å². The number of ether oxygens (including phenoxy) is 1. The minimum absolute atomic E-state index is 0.000101. The molecular weight excluding hydrogens is 1690 g/mol. The molecule has 0 unspecified atom stereocenters. The zero-order chi connectivity index (χ0) is 86.4. The van der Waals surface area contributed by atoms with Crippen molar-refractivity contribution in [2.24, 2.45) is 17.6 Å². The number of aliphatic hydroxyl groups excluding tert-OH is 2. The number of hydrogen-bond donors (Lipinski definition) is 9. The molecule has 2 saturated heterocycles. The Bertz CT molecular complexity index is 4620. The summed E-state index contributed by atoms with van der Waals surface area (Å²) < 4.78 is 60.3. The first kappa shape index (κ1) is 95.0. The molecule has 8 atom stereocenters. The maximum atomic E-state index is 14.7. The molecular formula is C89H117F3IN13O12S2. The summed E-state index contributed by atoms with van der Waals surface area (Å²) in [5, 5.41) is 47.4. The number of Topliss-reactive ketones (excluding diaryl/α,β-unsaturated/α-hetero) is 1. The van der Waals surface area contributed by atoms with Crippen LogP contribution in [-0.2, 0) is 33.5 Å². The number of β-amino-alcohol motifs (C(OH)–C–C–N with tert-alkyl or cyclic N) is 2. The standard InChI is InChI=1S/C53H65F3IN7O7S.C36H52N6O5S/c1-32(2)48(46-25-33(3)63-71-46)53(69)64-29-38(65)27-44(64)52(68)62-43(35-13-15-36(16-14-35)51-34(4)60-31-72-51)28-47(67)59-23-11-9-7-5-6-8-10-21-58-22-12-24-70-30-45(66)39-18-19-40(54)49(56)50(39)61-42-20-17-37(57)26-41(42)55;1-23(2)33(31-18-24(3)41-47-31)36(46)42-21-28(43)19-30(42)35(45)40-29(20-32(44)38-17-11-9-7-5-6-8-10-16-37)26-12-14-27(15-13-26)34-25(4)39-22-48-34/h13-20,25-26,31-32,38,43-44,48,58,61,65H,5-12,21-24,27-30H2,1-4H3,(H,59,67)(H,62,68);12-15,18,22-23,28-30,33,43H,5-11,16-17,19-21,37H2,1-4H3,(H,38,44)(H,40,45)/t38-,43+,44+,48-;28-,29+,30+,33-/m11/s1. The topological polar surface area (TPSA) is 352 Å². The molecule has 4 aromatic heterocycles. The van der Waals surface area contributed by atoms with Crippen molar-refractivity contribution in [2.75, 3.05) is 64.3 Å². The molecule has 0 spiro atoms. The zero-order valence-corrected chi connectivity index (χ0v) is 73.7. The van der Waals surface area contributed by atoms with Crippen LogP contribution in [0.1, 0.15) is 229 Å². The Labute approximate surface area is 723 Å². The van der Waals surface area contributed by atoms with Crippen LogP contribution >= 0.6 is 45.3 Å². The van der Waals surface area contributed by atoms with Gasteiger partial charge in [-0.3, -0.25) is 33.6 Å². The van der Waals surface area contributed by atoms with E-state index >= 15 is 0 Å². The van der Waals surface area contributed by atoms with E-state index in [2.05, 4.69) is 52.2 Å². The Hall–Kier alpha value is -8.83. The molecule has 10 N–H and O–H groups in total. The number of aromatic nitrogens is 4. The van der Waals surface area contributed by atoms with Crippen LogP contribution in [0.15, 0.2) is 111 Å². The molecule has 0 radical (unpaired) electrons. The van der Waals surface area contributed by atoms with Crippen LogP contribution in [0, 0.1) is 60.6 Å². The van der Waals surface area contributed by atoms with Crippen LogP contribution in [0.3, 0.4) is 0 Å². The largest absolute Gasteiger partial charge is 0.391 e. The van der Waals surface area contributed by atoms with Crippen molar-refractivity contribution in [1.82, 2.24) is 56.7 Å². The zero-order valence-electron chi connectivity index (χ0n) is 70.0. The van der Waals surface area contributed by atoms with Gasteiger partial charge in [0.05, 0.1) is 92.1 Å². The summed E-state index contributed by atoms with van der Waals surface area (Å²) in [5.74, 6) is -6.30. The molecule has 120 heavy (non-hydrogen) atoms. The van der Waals surface area contributed by atoms with E-state index in [1.165, 1.54) is 46.1 Å². The molecule has 31 heteroatoms. The fourth-order valence-corrected chi connectivity index (χ4v) is 17.2. The summed E-state index contributed by atoms with van der Waals surface area (Å²) in [6, 6.07) is 22.0. The van der Waals surface area contributed by atoms with Crippen LogP contribution in [0.4, 0.5) is 24.5 Å². The number of nitrogens with two attached hydrogens (primary N) is 1. The number of nitrogens with zero attached hydrogens (tertiary/aromatic N) is 6.